The normalized spacial score (nSPS) is 13.8. The fourth-order valence-electron chi connectivity index (χ4n) is 1.33. The fraction of sp³-hybridized carbons (Fsp3) is 0.417. The minimum Gasteiger partial charge on any atom is -0.409 e. The van der Waals surface area contributed by atoms with E-state index in [4.69, 9.17) is 10.9 Å². The molecule has 4 nitrogen and oxygen atoms in total. The Morgan fingerprint density at radius 1 is 1.56 bits per heavy atom. The zero-order chi connectivity index (χ0) is 12.0. The maximum absolute atomic E-state index is 8.58. The van der Waals surface area contributed by atoms with Crippen LogP contribution in [0.3, 0.4) is 0 Å². The van der Waals surface area contributed by atoms with Gasteiger partial charge in [-0.05, 0) is 25.0 Å². The second-order valence-electron chi connectivity index (χ2n) is 3.88. The molecule has 0 heterocycles. The molecule has 4 heteroatoms. The van der Waals surface area contributed by atoms with Gasteiger partial charge in [0.25, 0.3) is 0 Å². The predicted molar refractivity (Wildman–Crippen MR) is 65.5 cm³/mol. The summed E-state index contributed by atoms with van der Waals surface area (Å²) in [4.78, 5) is 0. The van der Waals surface area contributed by atoms with Crippen LogP contribution in [0.4, 0.5) is 0 Å². The van der Waals surface area contributed by atoms with E-state index in [0.717, 1.165) is 24.1 Å². The summed E-state index contributed by atoms with van der Waals surface area (Å²) in [6, 6.07) is 8.16. The van der Waals surface area contributed by atoms with E-state index in [0.29, 0.717) is 6.04 Å². The first-order valence-electron chi connectivity index (χ1n) is 5.47. The number of nitrogens with one attached hydrogen (secondary N) is 1. The third-order valence-electron chi connectivity index (χ3n) is 2.60. The van der Waals surface area contributed by atoms with Crippen LogP contribution in [0.5, 0.6) is 0 Å². The Bertz CT molecular complexity index is 363. The van der Waals surface area contributed by atoms with Crippen molar-refractivity contribution < 1.29 is 5.21 Å². The van der Waals surface area contributed by atoms with Gasteiger partial charge in [-0.2, -0.15) is 0 Å². The molecular formula is C12H19N3O. The van der Waals surface area contributed by atoms with Crippen molar-refractivity contribution >= 4 is 5.84 Å². The van der Waals surface area contributed by atoms with Crippen LogP contribution in [0.2, 0.25) is 0 Å². The fourth-order valence-corrected chi connectivity index (χ4v) is 1.33. The van der Waals surface area contributed by atoms with Crippen molar-refractivity contribution in [3.8, 4) is 0 Å². The Labute approximate surface area is 96.2 Å². The smallest absolute Gasteiger partial charge is 0.170 e. The lowest BCUT2D eigenvalue weighted by atomic mass is 10.1. The first-order valence-corrected chi connectivity index (χ1v) is 5.47. The van der Waals surface area contributed by atoms with Gasteiger partial charge in [0.2, 0.25) is 0 Å². The second-order valence-corrected chi connectivity index (χ2v) is 3.88. The molecule has 0 aliphatic rings. The van der Waals surface area contributed by atoms with E-state index in [9.17, 15) is 0 Å². The summed E-state index contributed by atoms with van der Waals surface area (Å²) in [6.07, 6.45) is 1.10. The van der Waals surface area contributed by atoms with Crippen LogP contribution in [0.15, 0.2) is 29.4 Å². The van der Waals surface area contributed by atoms with Gasteiger partial charge in [0.1, 0.15) is 0 Å². The highest BCUT2D eigenvalue weighted by molar-refractivity contribution is 5.97. The average molecular weight is 221 g/mol. The summed E-state index contributed by atoms with van der Waals surface area (Å²) < 4.78 is 0. The SMILES string of the molecule is CCC(C)NCc1cccc(C(N)=NO)c1. The molecule has 4 N–H and O–H groups in total. The number of rotatable bonds is 5. The van der Waals surface area contributed by atoms with Crippen LogP contribution in [-0.4, -0.2) is 17.1 Å². The van der Waals surface area contributed by atoms with Gasteiger partial charge < -0.3 is 16.3 Å². The van der Waals surface area contributed by atoms with E-state index in [-0.39, 0.29) is 5.84 Å². The second kappa shape index (κ2) is 6.12. The standard InChI is InChI=1S/C12H19N3O/c1-3-9(2)14-8-10-5-4-6-11(7-10)12(13)15-16/h4-7,9,14,16H,3,8H2,1-2H3,(H2,13,15). The number of hydrogen-bond donors (Lipinski definition) is 3. The molecule has 0 spiro atoms. The third-order valence-corrected chi connectivity index (χ3v) is 2.60. The summed E-state index contributed by atoms with van der Waals surface area (Å²) in [5.74, 6) is 0.144. The van der Waals surface area contributed by atoms with Crippen LogP contribution in [0.1, 0.15) is 31.4 Å². The van der Waals surface area contributed by atoms with E-state index in [2.05, 4.69) is 24.3 Å². The van der Waals surface area contributed by atoms with Gasteiger partial charge >= 0.3 is 0 Å². The molecule has 1 aromatic rings. The first-order chi connectivity index (χ1) is 7.67. The summed E-state index contributed by atoms with van der Waals surface area (Å²) in [6.45, 7) is 5.08. The van der Waals surface area contributed by atoms with Crippen LogP contribution < -0.4 is 11.1 Å². The highest BCUT2D eigenvalue weighted by Crippen LogP contribution is 2.05. The molecule has 1 unspecified atom stereocenters. The molecule has 0 bridgehead atoms. The molecule has 0 saturated heterocycles. The van der Waals surface area contributed by atoms with Crippen LogP contribution in [0.25, 0.3) is 0 Å². The van der Waals surface area contributed by atoms with Gasteiger partial charge in [0.15, 0.2) is 5.84 Å². The molecule has 1 rings (SSSR count). The lowest BCUT2D eigenvalue weighted by Gasteiger charge is -2.11. The first kappa shape index (κ1) is 12.5. The Balaban J connectivity index is 2.68. The van der Waals surface area contributed by atoms with Crippen LogP contribution in [-0.2, 0) is 6.54 Å². The molecule has 0 aliphatic heterocycles. The van der Waals surface area contributed by atoms with E-state index in [1.165, 1.54) is 0 Å². The average Bonchev–Trinajstić information content (AvgIpc) is 2.35. The molecule has 0 aromatic heterocycles. The van der Waals surface area contributed by atoms with E-state index in [1.54, 1.807) is 0 Å². The Hall–Kier alpha value is -1.55. The van der Waals surface area contributed by atoms with Crippen molar-refractivity contribution in [3.05, 3.63) is 35.4 Å². The van der Waals surface area contributed by atoms with Crippen LogP contribution >= 0.6 is 0 Å². The van der Waals surface area contributed by atoms with Gasteiger partial charge in [0, 0.05) is 18.2 Å². The lowest BCUT2D eigenvalue weighted by molar-refractivity contribution is 0.318. The molecule has 0 saturated carbocycles. The molecule has 0 aliphatic carbocycles. The Kier molecular flexibility index (Phi) is 4.79. The van der Waals surface area contributed by atoms with Crippen molar-refractivity contribution in [2.75, 3.05) is 0 Å². The van der Waals surface area contributed by atoms with Gasteiger partial charge in [-0.3, -0.25) is 0 Å². The molecule has 0 fully saturated rings. The summed E-state index contributed by atoms with van der Waals surface area (Å²) in [7, 11) is 0. The zero-order valence-corrected chi connectivity index (χ0v) is 9.77. The minimum atomic E-state index is 0.144. The third kappa shape index (κ3) is 3.55. The Morgan fingerprint density at radius 2 is 2.31 bits per heavy atom. The van der Waals surface area contributed by atoms with Crippen molar-refractivity contribution in [3.63, 3.8) is 0 Å². The predicted octanol–water partition coefficient (Wildman–Crippen LogP) is 1.67. The molecule has 1 atom stereocenters. The van der Waals surface area contributed by atoms with E-state index >= 15 is 0 Å². The lowest BCUT2D eigenvalue weighted by Crippen LogP contribution is -2.24. The van der Waals surface area contributed by atoms with Crippen molar-refractivity contribution in [1.29, 1.82) is 0 Å². The molecule has 88 valence electrons. The van der Waals surface area contributed by atoms with Gasteiger partial charge in [-0.1, -0.05) is 30.3 Å². The number of nitrogens with zero attached hydrogens (tertiary/aromatic N) is 1. The number of nitrogens with two attached hydrogens (primary N) is 1. The minimum absolute atomic E-state index is 0.144. The number of hydrogen-bond acceptors (Lipinski definition) is 3. The molecule has 16 heavy (non-hydrogen) atoms. The summed E-state index contributed by atoms with van der Waals surface area (Å²) >= 11 is 0. The topological polar surface area (TPSA) is 70.6 Å². The number of oxime groups is 1. The van der Waals surface area contributed by atoms with Gasteiger partial charge in [0.05, 0.1) is 0 Å². The van der Waals surface area contributed by atoms with Crippen LogP contribution in [0, 0.1) is 0 Å². The van der Waals surface area contributed by atoms with Gasteiger partial charge in [-0.25, -0.2) is 0 Å². The zero-order valence-electron chi connectivity index (χ0n) is 9.77. The Morgan fingerprint density at radius 3 is 2.94 bits per heavy atom. The number of amidine groups is 1. The largest absolute Gasteiger partial charge is 0.409 e. The monoisotopic (exact) mass is 221 g/mol. The number of benzene rings is 1. The highest BCUT2D eigenvalue weighted by Gasteiger charge is 2.02. The van der Waals surface area contributed by atoms with Crippen molar-refractivity contribution in [2.45, 2.75) is 32.9 Å². The van der Waals surface area contributed by atoms with Crippen molar-refractivity contribution in [2.24, 2.45) is 10.9 Å². The van der Waals surface area contributed by atoms with Crippen molar-refractivity contribution in [1.82, 2.24) is 5.32 Å². The molecular weight excluding hydrogens is 202 g/mol. The van der Waals surface area contributed by atoms with E-state index in [1.807, 2.05) is 24.3 Å². The molecule has 0 radical (unpaired) electrons. The van der Waals surface area contributed by atoms with Gasteiger partial charge in [-0.15, -0.1) is 0 Å². The van der Waals surface area contributed by atoms with E-state index < -0.39 is 0 Å². The summed E-state index contributed by atoms with van der Waals surface area (Å²) in [5.41, 5.74) is 7.40. The quantitative estimate of drug-likeness (QED) is 0.306. The molecule has 1 aromatic carbocycles. The highest BCUT2D eigenvalue weighted by atomic mass is 16.4. The summed E-state index contributed by atoms with van der Waals surface area (Å²) in [5, 5.41) is 15.0. The molecule has 0 amide bonds. The maximum Gasteiger partial charge on any atom is 0.170 e. The maximum atomic E-state index is 8.58.